The Morgan fingerprint density at radius 3 is 2.67 bits per heavy atom. The number of aromatic nitrogens is 1. The molecule has 6 heteroatoms. The molecule has 0 fully saturated rings. The van der Waals surface area contributed by atoms with E-state index in [9.17, 15) is 4.79 Å². The fourth-order valence-corrected chi connectivity index (χ4v) is 2.90. The summed E-state index contributed by atoms with van der Waals surface area (Å²) < 4.78 is 16.0. The second-order valence-electron chi connectivity index (χ2n) is 6.02. The molecule has 0 aliphatic carbocycles. The second kappa shape index (κ2) is 7.37. The van der Waals surface area contributed by atoms with Crippen LogP contribution in [-0.2, 0) is 6.54 Å². The molecule has 1 aliphatic rings. The number of hydrogen-bond donors (Lipinski definition) is 0. The molecule has 0 saturated heterocycles. The third kappa shape index (κ3) is 3.55. The van der Waals surface area contributed by atoms with Gasteiger partial charge in [-0.15, -0.1) is 0 Å². The number of hydrogen-bond acceptors (Lipinski definition) is 5. The standard InChI is InChI=1S/C21H18N2O4/c1-25-18-7-5-17(6-8-18)23(13-15-3-2-10-22-12-15)21(24)16-4-9-19-20(11-16)27-14-26-19/h2-12H,13-14H2,1H3. The SMILES string of the molecule is COc1ccc(N(Cc2cccnc2)C(=O)c2ccc3c(c2)OCO3)cc1. The summed E-state index contributed by atoms with van der Waals surface area (Å²) in [5.74, 6) is 1.82. The van der Waals surface area contributed by atoms with E-state index in [1.54, 1.807) is 42.6 Å². The van der Waals surface area contributed by atoms with Gasteiger partial charge in [0, 0.05) is 23.6 Å². The molecular formula is C21H18N2O4. The predicted molar refractivity (Wildman–Crippen MR) is 100 cm³/mol. The van der Waals surface area contributed by atoms with Gasteiger partial charge in [-0.25, -0.2) is 0 Å². The second-order valence-corrected chi connectivity index (χ2v) is 6.02. The van der Waals surface area contributed by atoms with E-state index in [4.69, 9.17) is 14.2 Å². The zero-order valence-electron chi connectivity index (χ0n) is 14.8. The number of carbonyl (C=O) groups is 1. The van der Waals surface area contributed by atoms with Gasteiger partial charge in [0.05, 0.1) is 13.7 Å². The van der Waals surface area contributed by atoms with E-state index in [-0.39, 0.29) is 12.7 Å². The summed E-state index contributed by atoms with van der Waals surface area (Å²) in [6.45, 7) is 0.568. The lowest BCUT2D eigenvalue weighted by atomic mass is 10.1. The van der Waals surface area contributed by atoms with E-state index >= 15 is 0 Å². The Bertz CT molecular complexity index is 942. The molecule has 1 amide bonds. The van der Waals surface area contributed by atoms with Crippen LogP contribution in [-0.4, -0.2) is 24.8 Å². The van der Waals surface area contributed by atoms with Crippen molar-refractivity contribution in [1.29, 1.82) is 0 Å². The predicted octanol–water partition coefficient (Wildman–Crippen LogP) is 3.67. The van der Waals surface area contributed by atoms with Gasteiger partial charge in [-0.3, -0.25) is 9.78 Å². The Labute approximate surface area is 156 Å². The van der Waals surface area contributed by atoms with Crippen molar-refractivity contribution in [3.8, 4) is 17.2 Å². The first-order valence-corrected chi connectivity index (χ1v) is 8.49. The molecule has 136 valence electrons. The number of benzene rings is 2. The lowest BCUT2D eigenvalue weighted by molar-refractivity contribution is 0.0984. The van der Waals surface area contributed by atoms with Crippen molar-refractivity contribution < 1.29 is 19.0 Å². The molecule has 1 aromatic heterocycles. The molecule has 27 heavy (non-hydrogen) atoms. The van der Waals surface area contributed by atoms with Crippen molar-refractivity contribution in [2.24, 2.45) is 0 Å². The summed E-state index contributed by atoms with van der Waals surface area (Å²) >= 11 is 0. The molecular weight excluding hydrogens is 344 g/mol. The average Bonchev–Trinajstić information content (AvgIpc) is 3.20. The summed E-state index contributed by atoms with van der Waals surface area (Å²) in [6, 6.07) is 16.4. The number of ether oxygens (including phenoxy) is 3. The van der Waals surface area contributed by atoms with Crippen LogP contribution in [0.15, 0.2) is 67.0 Å². The highest BCUT2D eigenvalue weighted by molar-refractivity contribution is 6.06. The van der Waals surface area contributed by atoms with Gasteiger partial charge in [0.15, 0.2) is 11.5 Å². The lowest BCUT2D eigenvalue weighted by Crippen LogP contribution is -2.30. The van der Waals surface area contributed by atoms with Crippen LogP contribution in [0.2, 0.25) is 0 Å². The van der Waals surface area contributed by atoms with E-state index in [2.05, 4.69) is 4.98 Å². The maximum Gasteiger partial charge on any atom is 0.258 e. The first-order valence-electron chi connectivity index (χ1n) is 8.49. The normalized spacial score (nSPS) is 11.9. The maximum absolute atomic E-state index is 13.3. The topological polar surface area (TPSA) is 60.9 Å². The van der Waals surface area contributed by atoms with Crippen molar-refractivity contribution in [3.63, 3.8) is 0 Å². The molecule has 0 N–H and O–H groups in total. The van der Waals surface area contributed by atoms with Crippen LogP contribution in [0.25, 0.3) is 0 Å². The van der Waals surface area contributed by atoms with Crippen LogP contribution >= 0.6 is 0 Å². The molecule has 0 spiro atoms. The highest BCUT2D eigenvalue weighted by atomic mass is 16.7. The maximum atomic E-state index is 13.3. The van der Waals surface area contributed by atoms with Crippen LogP contribution < -0.4 is 19.1 Å². The quantitative estimate of drug-likeness (QED) is 0.693. The number of methoxy groups -OCH3 is 1. The number of anilines is 1. The first-order chi connectivity index (χ1) is 13.2. The molecule has 2 aromatic carbocycles. The van der Waals surface area contributed by atoms with Gasteiger partial charge in [-0.05, 0) is 54.1 Å². The van der Waals surface area contributed by atoms with Gasteiger partial charge in [0.25, 0.3) is 5.91 Å². The van der Waals surface area contributed by atoms with Crippen LogP contribution in [0.5, 0.6) is 17.2 Å². The Morgan fingerprint density at radius 1 is 1.11 bits per heavy atom. The Hall–Kier alpha value is -3.54. The van der Waals surface area contributed by atoms with Crippen molar-refractivity contribution in [2.75, 3.05) is 18.8 Å². The highest BCUT2D eigenvalue weighted by Gasteiger charge is 2.22. The first kappa shape index (κ1) is 16.9. The van der Waals surface area contributed by atoms with Crippen LogP contribution in [0.4, 0.5) is 5.69 Å². The van der Waals surface area contributed by atoms with Gasteiger partial charge in [0.1, 0.15) is 5.75 Å². The smallest absolute Gasteiger partial charge is 0.258 e. The molecule has 0 radical (unpaired) electrons. The molecule has 1 aliphatic heterocycles. The van der Waals surface area contributed by atoms with Gasteiger partial charge >= 0.3 is 0 Å². The molecule has 6 nitrogen and oxygen atoms in total. The minimum Gasteiger partial charge on any atom is -0.497 e. The fraction of sp³-hybridized carbons (Fsp3) is 0.143. The Morgan fingerprint density at radius 2 is 1.93 bits per heavy atom. The minimum absolute atomic E-state index is 0.137. The summed E-state index contributed by atoms with van der Waals surface area (Å²) in [6.07, 6.45) is 3.46. The Balaban J connectivity index is 1.68. The van der Waals surface area contributed by atoms with E-state index < -0.39 is 0 Å². The summed E-state index contributed by atoms with van der Waals surface area (Å²) in [5.41, 5.74) is 2.23. The summed E-state index contributed by atoms with van der Waals surface area (Å²) in [5, 5.41) is 0. The molecule has 0 bridgehead atoms. The van der Waals surface area contributed by atoms with Gasteiger partial charge in [-0.1, -0.05) is 6.07 Å². The highest BCUT2D eigenvalue weighted by Crippen LogP contribution is 2.33. The molecule has 0 atom stereocenters. The molecule has 3 aromatic rings. The number of rotatable bonds is 5. The zero-order chi connectivity index (χ0) is 18.6. The van der Waals surface area contributed by atoms with E-state index in [1.165, 1.54) is 0 Å². The van der Waals surface area contributed by atoms with Crippen molar-refractivity contribution >= 4 is 11.6 Å². The van der Waals surface area contributed by atoms with Crippen molar-refractivity contribution in [2.45, 2.75) is 6.54 Å². The molecule has 2 heterocycles. The number of nitrogens with zero attached hydrogens (tertiary/aromatic N) is 2. The van der Waals surface area contributed by atoms with Crippen LogP contribution in [0.1, 0.15) is 15.9 Å². The molecule has 0 saturated carbocycles. The van der Waals surface area contributed by atoms with Gasteiger partial charge in [0.2, 0.25) is 6.79 Å². The number of carbonyl (C=O) groups excluding carboxylic acids is 1. The fourth-order valence-electron chi connectivity index (χ4n) is 2.90. The van der Waals surface area contributed by atoms with Crippen molar-refractivity contribution in [3.05, 3.63) is 78.1 Å². The van der Waals surface area contributed by atoms with E-state index in [1.807, 2.05) is 36.4 Å². The van der Waals surface area contributed by atoms with Crippen LogP contribution in [0.3, 0.4) is 0 Å². The number of amides is 1. The van der Waals surface area contributed by atoms with Gasteiger partial charge in [-0.2, -0.15) is 0 Å². The third-order valence-electron chi connectivity index (χ3n) is 4.31. The Kier molecular flexibility index (Phi) is 4.61. The van der Waals surface area contributed by atoms with E-state index in [0.717, 1.165) is 17.0 Å². The van der Waals surface area contributed by atoms with Crippen LogP contribution in [0, 0.1) is 0 Å². The monoisotopic (exact) mass is 362 g/mol. The summed E-state index contributed by atoms with van der Waals surface area (Å²) in [7, 11) is 1.61. The zero-order valence-corrected chi connectivity index (χ0v) is 14.8. The lowest BCUT2D eigenvalue weighted by Gasteiger charge is -2.23. The minimum atomic E-state index is -0.137. The van der Waals surface area contributed by atoms with Crippen molar-refractivity contribution in [1.82, 2.24) is 4.98 Å². The number of fused-ring (bicyclic) bond motifs is 1. The number of pyridine rings is 1. The average molecular weight is 362 g/mol. The van der Waals surface area contributed by atoms with Gasteiger partial charge < -0.3 is 19.1 Å². The molecule has 4 rings (SSSR count). The third-order valence-corrected chi connectivity index (χ3v) is 4.31. The largest absolute Gasteiger partial charge is 0.497 e. The summed E-state index contributed by atoms with van der Waals surface area (Å²) in [4.78, 5) is 19.1. The molecule has 0 unspecified atom stereocenters. The van der Waals surface area contributed by atoms with E-state index in [0.29, 0.717) is 23.6 Å².